The standard InChI is InChI=1S/C18H26N2O4S.2ClH/c1-11(2)4-5-12-8-13-14(20-7-6-15(13)24-12)9-18(23,17(21)22)16(19)10-25-3;;/h6-8,11,16,23H,4-5,9-10,19H2,1-3H3,(H,21,22);2*1H/t16-,18+;;/m0../s1. The number of furan rings is 1. The van der Waals surface area contributed by atoms with Crippen LogP contribution < -0.4 is 5.73 Å². The topological polar surface area (TPSA) is 110 Å². The minimum absolute atomic E-state index is 0. The summed E-state index contributed by atoms with van der Waals surface area (Å²) in [7, 11) is 0. The van der Waals surface area contributed by atoms with Crippen LogP contribution in [0.2, 0.25) is 0 Å². The van der Waals surface area contributed by atoms with Crippen LogP contribution in [-0.2, 0) is 17.6 Å². The first kappa shape index (κ1) is 26.0. The van der Waals surface area contributed by atoms with Crippen molar-refractivity contribution in [3.8, 4) is 0 Å². The maximum atomic E-state index is 11.7. The highest BCUT2D eigenvalue weighted by Crippen LogP contribution is 2.27. The van der Waals surface area contributed by atoms with Crippen LogP contribution in [0.5, 0.6) is 0 Å². The zero-order chi connectivity index (χ0) is 18.6. The van der Waals surface area contributed by atoms with Gasteiger partial charge in [0.15, 0.2) is 5.60 Å². The summed E-state index contributed by atoms with van der Waals surface area (Å²) in [6, 6.07) is 2.74. The molecule has 0 spiro atoms. The Labute approximate surface area is 176 Å². The molecule has 6 nitrogen and oxygen atoms in total. The van der Waals surface area contributed by atoms with E-state index >= 15 is 0 Å². The summed E-state index contributed by atoms with van der Waals surface area (Å²) in [5, 5.41) is 20.9. The number of pyridine rings is 1. The third kappa shape index (κ3) is 6.26. The lowest BCUT2D eigenvalue weighted by molar-refractivity contribution is -0.160. The lowest BCUT2D eigenvalue weighted by atomic mass is 9.89. The lowest BCUT2D eigenvalue weighted by Gasteiger charge is -2.29. The third-order valence-electron chi connectivity index (χ3n) is 4.31. The Morgan fingerprint density at radius 3 is 2.63 bits per heavy atom. The number of halogens is 2. The molecule has 2 heterocycles. The van der Waals surface area contributed by atoms with Crippen molar-refractivity contribution in [2.45, 2.75) is 44.8 Å². The first-order valence-corrected chi connectivity index (χ1v) is 9.74. The van der Waals surface area contributed by atoms with Crippen LogP contribution >= 0.6 is 36.6 Å². The van der Waals surface area contributed by atoms with Crippen molar-refractivity contribution in [3.05, 3.63) is 29.8 Å². The molecule has 0 aliphatic heterocycles. The number of nitrogens with two attached hydrogens (primary N) is 1. The molecule has 0 aromatic carbocycles. The SMILES string of the molecule is CSC[C@H](N)[C@](O)(Cc1nccc2oc(CCC(C)C)cc12)C(=O)O.Cl.Cl. The zero-order valence-corrected chi connectivity index (χ0v) is 18.1. The van der Waals surface area contributed by atoms with E-state index in [2.05, 4.69) is 18.8 Å². The molecule has 0 radical (unpaired) electrons. The van der Waals surface area contributed by atoms with Crippen molar-refractivity contribution in [1.29, 1.82) is 0 Å². The third-order valence-corrected chi connectivity index (χ3v) is 5.01. The molecule has 2 rings (SSSR count). The number of fused-ring (bicyclic) bond motifs is 1. The molecule has 2 aromatic heterocycles. The van der Waals surface area contributed by atoms with E-state index in [-0.39, 0.29) is 31.2 Å². The molecule has 0 aliphatic rings. The van der Waals surface area contributed by atoms with Crippen LogP contribution in [0.25, 0.3) is 11.0 Å². The van der Waals surface area contributed by atoms with Gasteiger partial charge in [-0.15, -0.1) is 24.8 Å². The fourth-order valence-corrected chi connectivity index (χ4v) is 3.34. The smallest absolute Gasteiger partial charge is 0.337 e. The molecule has 27 heavy (non-hydrogen) atoms. The summed E-state index contributed by atoms with van der Waals surface area (Å²) in [6.07, 6.45) is 5.03. The fraction of sp³-hybridized carbons (Fsp3) is 0.556. The average Bonchev–Trinajstić information content (AvgIpc) is 2.97. The second kappa shape index (κ2) is 11.1. The van der Waals surface area contributed by atoms with E-state index in [1.54, 1.807) is 12.3 Å². The van der Waals surface area contributed by atoms with Crippen molar-refractivity contribution in [2.75, 3.05) is 12.0 Å². The van der Waals surface area contributed by atoms with Gasteiger partial charge in [-0.3, -0.25) is 4.98 Å². The number of aliphatic carboxylic acids is 1. The van der Waals surface area contributed by atoms with Gasteiger partial charge in [-0.25, -0.2) is 4.79 Å². The molecule has 0 saturated carbocycles. The van der Waals surface area contributed by atoms with Crippen molar-refractivity contribution in [2.24, 2.45) is 11.7 Å². The Balaban J connectivity index is 0.00000338. The predicted octanol–water partition coefficient (Wildman–Crippen LogP) is 3.31. The van der Waals surface area contributed by atoms with E-state index in [1.165, 1.54) is 11.8 Å². The molecule has 0 aliphatic carbocycles. The van der Waals surface area contributed by atoms with Crippen molar-refractivity contribution in [3.63, 3.8) is 0 Å². The van der Waals surface area contributed by atoms with Gasteiger partial charge in [-0.05, 0) is 30.7 Å². The van der Waals surface area contributed by atoms with Crippen LogP contribution in [0.15, 0.2) is 22.7 Å². The summed E-state index contributed by atoms with van der Waals surface area (Å²) in [5.41, 5.74) is 5.00. The van der Waals surface area contributed by atoms with Crippen LogP contribution in [0.3, 0.4) is 0 Å². The highest BCUT2D eigenvalue weighted by molar-refractivity contribution is 7.98. The maximum Gasteiger partial charge on any atom is 0.337 e. The molecule has 0 unspecified atom stereocenters. The second-order valence-corrected chi connectivity index (χ2v) is 7.69. The summed E-state index contributed by atoms with van der Waals surface area (Å²) in [6.45, 7) is 4.30. The number of thioether (sulfide) groups is 1. The normalized spacial score (nSPS) is 14.3. The number of hydrogen-bond donors (Lipinski definition) is 3. The number of aryl methyl sites for hydroxylation is 1. The summed E-state index contributed by atoms with van der Waals surface area (Å²) < 4.78 is 5.84. The van der Waals surface area contributed by atoms with E-state index in [4.69, 9.17) is 10.2 Å². The van der Waals surface area contributed by atoms with Gasteiger partial charge in [0.1, 0.15) is 11.3 Å². The van der Waals surface area contributed by atoms with Crippen molar-refractivity contribution >= 4 is 53.5 Å². The number of rotatable bonds is 9. The molecule has 0 fully saturated rings. The number of aromatic nitrogens is 1. The number of aliphatic hydroxyl groups is 1. The first-order chi connectivity index (χ1) is 11.8. The summed E-state index contributed by atoms with van der Waals surface area (Å²) in [4.78, 5) is 15.9. The molecule has 0 saturated heterocycles. The molecule has 4 N–H and O–H groups in total. The van der Waals surface area contributed by atoms with E-state index in [1.807, 2.05) is 12.3 Å². The Kier molecular flexibility index (Phi) is 10.7. The molecular weight excluding hydrogens is 411 g/mol. The minimum Gasteiger partial charge on any atom is -0.479 e. The lowest BCUT2D eigenvalue weighted by Crippen LogP contribution is -2.57. The zero-order valence-electron chi connectivity index (χ0n) is 15.7. The first-order valence-electron chi connectivity index (χ1n) is 8.34. The van der Waals surface area contributed by atoms with Crippen LogP contribution in [0.1, 0.15) is 31.7 Å². The minimum atomic E-state index is -2.07. The number of carbonyl (C=O) groups is 1. The summed E-state index contributed by atoms with van der Waals surface area (Å²) >= 11 is 1.39. The number of nitrogens with zero attached hydrogens (tertiary/aromatic N) is 1. The Hall–Kier alpha value is -0.990. The Morgan fingerprint density at radius 1 is 1.41 bits per heavy atom. The van der Waals surface area contributed by atoms with Crippen LogP contribution in [0, 0.1) is 5.92 Å². The maximum absolute atomic E-state index is 11.7. The molecule has 0 amide bonds. The largest absolute Gasteiger partial charge is 0.479 e. The molecule has 0 bridgehead atoms. The van der Waals surface area contributed by atoms with Gasteiger partial charge >= 0.3 is 5.97 Å². The molecular formula is C18H28Cl2N2O4S. The van der Waals surface area contributed by atoms with Crippen LogP contribution in [0.4, 0.5) is 0 Å². The highest BCUT2D eigenvalue weighted by atomic mass is 35.5. The molecule has 2 atom stereocenters. The predicted molar refractivity (Wildman–Crippen MR) is 114 cm³/mol. The van der Waals surface area contributed by atoms with Gasteiger partial charge in [0.25, 0.3) is 0 Å². The molecule has 154 valence electrons. The van der Waals surface area contributed by atoms with Gasteiger partial charge in [0, 0.05) is 30.2 Å². The Bertz CT molecular complexity index is 741. The van der Waals surface area contributed by atoms with Gasteiger partial charge in [0.2, 0.25) is 0 Å². The fourth-order valence-electron chi connectivity index (χ4n) is 2.70. The number of carboxylic acid groups (broad SMARTS) is 1. The Morgan fingerprint density at radius 2 is 2.07 bits per heavy atom. The van der Waals surface area contributed by atoms with Crippen molar-refractivity contribution < 1.29 is 19.4 Å². The second-order valence-electron chi connectivity index (χ2n) is 6.78. The van der Waals surface area contributed by atoms with E-state index in [0.717, 1.165) is 24.0 Å². The monoisotopic (exact) mass is 438 g/mol. The van der Waals surface area contributed by atoms with Crippen molar-refractivity contribution in [1.82, 2.24) is 4.98 Å². The van der Waals surface area contributed by atoms with Gasteiger partial charge in [-0.2, -0.15) is 11.8 Å². The summed E-state index contributed by atoms with van der Waals surface area (Å²) in [5.74, 6) is 0.401. The quantitative estimate of drug-likeness (QED) is 0.550. The number of carboxylic acids is 1. The van der Waals surface area contributed by atoms with Crippen LogP contribution in [-0.4, -0.2) is 44.8 Å². The van der Waals surface area contributed by atoms with E-state index < -0.39 is 17.6 Å². The molecule has 2 aromatic rings. The van der Waals surface area contributed by atoms with Gasteiger partial charge < -0.3 is 20.4 Å². The number of hydrogen-bond acceptors (Lipinski definition) is 6. The average molecular weight is 439 g/mol. The van der Waals surface area contributed by atoms with E-state index in [0.29, 0.717) is 22.9 Å². The van der Waals surface area contributed by atoms with E-state index in [9.17, 15) is 15.0 Å². The highest BCUT2D eigenvalue weighted by Gasteiger charge is 2.43. The van der Waals surface area contributed by atoms with Gasteiger partial charge in [0.05, 0.1) is 11.7 Å². The molecule has 9 heteroatoms. The van der Waals surface area contributed by atoms with Gasteiger partial charge in [-0.1, -0.05) is 13.8 Å².